The van der Waals surface area contributed by atoms with Crippen LogP contribution in [0.1, 0.15) is 33.1 Å². The Morgan fingerprint density at radius 2 is 1.85 bits per heavy atom. The standard InChI is InChI=1S/C13H26N2O3S.ClH/c1-12(2,8-14)9-15(3)11(16)7-13(5-6-13)10-19(4,17)18;/h5-10,14H2,1-4H3;1H. The highest BCUT2D eigenvalue weighted by molar-refractivity contribution is 7.90. The Balaban J connectivity index is 0.00000361. The summed E-state index contributed by atoms with van der Waals surface area (Å²) in [5.74, 6) is 0.141. The summed E-state index contributed by atoms with van der Waals surface area (Å²) in [7, 11) is -1.26. The molecule has 0 radical (unpaired) electrons. The third-order valence-electron chi connectivity index (χ3n) is 3.70. The van der Waals surface area contributed by atoms with E-state index in [0.717, 1.165) is 12.8 Å². The molecule has 0 aromatic carbocycles. The molecule has 0 aromatic heterocycles. The van der Waals surface area contributed by atoms with E-state index in [1.54, 1.807) is 11.9 Å². The summed E-state index contributed by atoms with van der Waals surface area (Å²) in [6.45, 7) is 5.14. The van der Waals surface area contributed by atoms with Gasteiger partial charge < -0.3 is 10.6 Å². The second-order valence-electron chi connectivity index (χ2n) is 6.87. The number of sulfone groups is 1. The monoisotopic (exact) mass is 326 g/mol. The summed E-state index contributed by atoms with van der Waals surface area (Å²) < 4.78 is 22.7. The zero-order chi connectivity index (χ0) is 14.9. The first-order valence-electron chi connectivity index (χ1n) is 6.60. The van der Waals surface area contributed by atoms with Gasteiger partial charge >= 0.3 is 0 Å². The van der Waals surface area contributed by atoms with Gasteiger partial charge in [0.15, 0.2) is 0 Å². The van der Waals surface area contributed by atoms with Crippen LogP contribution in [-0.4, -0.2) is 51.4 Å². The van der Waals surface area contributed by atoms with Crippen molar-refractivity contribution >= 4 is 28.2 Å². The molecule has 0 bridgehead atoms. The normalized spacial score (nSPS) is 17.2. The molecular formula is C13H27ClN2O3S. The van der Waals surface area contributed by atoms with Gasteiger partial charge in [-0.1, -0.05) is 13.8 Å². The molecule has 7 heteroatoms. The van der Waals surface area contributed by atoms with Crippen molar-refractivity contribution in [3.63, 3.8) is 0 Å². The molecule has 0 aliphatic heterocycles. The van der Waals surface area contributed by atoms with Gasteiger partial charge in [0.05, 0.1) is 5.75 Å². The van der Waals surface area contributed by atoms with Crippen molar-refractivity contribution in [1.29, 1.82) is 0 Å². The number of amides is 1. The average Bonchev–Trinajstić information content (AvgIpc) is 2.94. The highest BCUT2D eigenvalue weighted by atomic mass is 35.5. The lowest BCUT2D eigenvalue weighted by Crippen LogP contribution is -2.40. The summed E-state index contributed by atoms with van der Waals surface area (Å²) >= 11 is 0. The molecule has 20 heavy (non-hydrogen) atoms. The number of halogens is 1. The maximum absolute atomic E-state index is 12.2. The first-order valence-corrected chi connectivity index (χ1v) is 8.67. The van der Waals surface area contributed by atoms with Crippen LogP contribution in [0, 0.1) is 10.8 Å². The Morgan fingerprint density at radius 1 is 1.35 bits per heavy atom. The molecule has 0 spiro atoms. The second kappa shape index (κ2) is 6.62. The average molecular weight is 327 g/mol. The third-order valence-corrected chi connectivity index (χ3v) is 4.83. The molecule has 0 unspecified atom stereocenters. The number of carbonyl (C=O) groups excluding carboxylic acids is 1. The van der Waals surface area contributed by atoms with Crippen LogP contribution in [-0.2, 0) is 14.6 Å². The quantitative estimate of drug-likeness (QED) is 0.758. The molecule has 0 saturated heterocycles. The lowest BCUT2D eigenvalue weighted by atomic mass is 9.93. The van der Waals surface area contributed by atoms with Crippen molar-refractivity contribution in [3.05, 3.63) is 0 Å². The molecular weight excluding hydrogens is 300 g/mol. The van der Waals surface area contributed by atoms with Crippen LogP contribution in [0.2, 0.25) is 0 Å². The highest BCUT2D eigenvalue weighted by Crippen LogP contribution is 2.50. The fraction of sp³-hybridized carbons (Fsp3) is 0.923. The molecule has 1 fully saturated rings. The van der Waals surface area contributed by atoms with Gasteiger partial charge in [0.1, 0.15) is 9.84 Å². The number of hydrogen-bond donors (Lipinski definition) is 1. The second-order valence-corrected chi connectivity index (χ2v) is 9.01. The largest absolute Gasteiger partial charge is 0.345 e. The Kier molecular flexibility index (Phi) is 6.51. The van der Waals surface area contributed by atoms with Crippen molar-refractivity contribution in [2.24, 2.45) is 16.6 Å². The fourth-order valence-electron chi connectivity index (χ4n) is 2.36. The van der Waals surface area contributed by atoms with Crippen molar-refractivity contribution in [1.82, 2.24) is 4.90 Å². The Labute approximate surface area is 128 Å². The van der Waals surface area contributed by atoms with Gasteiger partial charge in [-0.2, -0.15) is 0 Å². The van der Waals surface area contributed by atoms with E-state index < -0.39 is 9.84 Å². The first-order chi connectivity index (χ1) is 8.49. The van der Waals surface area contributed by atoms with Crippen molar-refractivity contribution < 1.29 is 13.2 Å². The molecule has 5 nitrogen and oxygen atoms in total. The molecule has 120 valence electrons. The summed E-state index contributed by atoms with van der Waals surface area (Å²) in [6, 6.07) is 0. The van der Waals surface area contributed by atoms with Crippen LogP contribution < -0.4 is 5.73 Å². The number of nitrogens with zero attached hydrogens (tertiary/aromatic N) is 1. The maximum atomic E-state index is 12.2. The van der Waals surface area contributed by atoms with Gasteiger partial charge in [0, 0.05) is 26.3 Å². The zero-order valence-corrected chi connectivity index (χ0v) is 14.4. The first kappa shape index (κ1) is 19.7. The van der Waals surface area contributed by atoms with E-state index in [1.807, 2.05) is 13.8 Å². The lowest BCUT2D eigenvalue weighted by Gasteiger charge is -2.30. The Bertz CT molecular complexity index is 445. The molecule has 1 saturated carbocycles. The van der Waals surface area contributed by atoms with E-state index in [-0.39, 0.29) is 34.9 Å². The van der Waals surface area contributed by atoms with Crippen molar-refractivity contribution in [3.8, 4) is 0 Å². The summed E-state index contributed by atoms with van der Waals surface area (Å²) in [5, 5.41) is 0. The van der Waals surface area contributed by atoms with Crippen LogP contribution >= 0.6 is 12.4 Å². The van der Waals surface area contributed by atoms with Crippen molar-refractivity contribution in [2.45, 2.75) is 33.1 Å². The van der Waals surface area contributed by atoms with Gasteiger partial charge in [-0.25, -0.2) is 8.42 Å². The maximum Gasteiger partial charge on any atom is 0.222 e. The minimum absolute atomic E-state index is 0. The van der Waals surface area contributed by atoms with Gasteiger partial charge in [-0.3, -0.25) is 4.79 Å². The van der Waals surface area contributed by atoms with E-state index in [4.69, 9.17) is 5.73 Å². The summed E-state index contributed by atoms with van der Waals surface area (Å²) in [4.78, 5) is 13.8. The molecule has 1 aliphatic carbocycles. The third kappa shape index (κ3) is 6.41. The smallest absolute Gasteiger partial charge is 0.222 e. The van der Waals surface area contributed by atoms with Crippen molar-refractivity contribution in [2.75, 3.05) is 32.1 Å². The van der Waals surface area contributed by atoms with Crippen LogP contribution in [0.3, 0.4) is 0 Å². The minimum Gasteiger partial charge on any atom is -0.345 e. The molecule has 1 rings (SSSR count). The number of carbonyl (C=O) groups is 1. The molecule has 2 N–H and O–H groups in total. The number of rotatable bonds is 7. The Morgan fingerprint density at radius 3 is 2.20 bits per heavy atom. The Hall–Kier alpha value is -0.330. The molecule has 1 aliphatic rings. The van der Waals surface area contributed by atoms with Gasteiger partial charge in [0.2, 0.25) is 5.91 Å². The van der Waals surface area contributed by atoms with Crippen LogP contribution in [0.15, 0.2) is 0 Å². The van der Waals surface area contributed by atoms with E-state index in [9.17, 15) is 13.2 Å². The summed E-state index contributed by atoms with van der Waals surface area (Å²) in [5.41, 5.74) is 5.25. The zero-order valence-electron chi connectivity index (χ0n) is 12.8. The van der Waals surface area contributed by atoms with Gasteiger partial charge in [-0.05, 0) is 30.2 Å². The van der Waals surface area contributed by atoms with Gasteiger partial charge in [-0.15, -0.1) is 12.4 Å². The number of hydrogen-bond acceptors (Lipinski definition) is 4. The molecule has 0 aromatic rings. The highest BCUT2D eigenvalue weighted by Gasteiger charge is 2.47. The lowest BCUT2D eigenvalue weighted by molar-refractivity contribution is -0.132. The topological polar surface area (TPSA) is 80.5 Å². The molecule has 0 atom stereocenters. The molecule has 1 amide bonds. The van der Waals surface area contributed by atoms with Crippen LogP contribution in [0.25, 0.3) is 0 Å². The molecule has 0 heterocycles. The minimum atomic E-state index is -3.02. The van der Waals surface area contributed by atoms with E-state index in [2.05, 4.69) is 0 Å². The van der Waals surface area contributed by atoms with E-state index in [0.29, 0.717) is 19.5 Å². The number of nitrogens with two attached hydrogens (primary N) is 1. The van der Waals surface area contributed by atoms with Crippen LogP contribution in [0.4, 0.5) is 0 Å². The van der Waals surface area contributed by atoms with Crippen LogP contribution in [0.5, 0.6) is 0 Å². The predicted molar refractivity (Wildman–Crippen MR) is 83.7 cm³/mol. The fourth-order valence-corrected chi connectivity index (χ4v) is 3.86. The van der Waals surface area contributed by atoms with Gasteiger partial charge in [0.25, 0.3) is 0 Å². The predicted octanol–water partition coefficient (Wildman–Crippen LogP) is 1.07. The van der Waals surface area contributed by atoms with E-state index >= 15 is 0 Å². The summed E-state index contributed by atoms with van der Waals surface area (Å²) in [6.07, 6.45) is 3.23. The SMILES string of the molecule is CN(CC(C)(C)CN)C(=O)CC1(CS(C)(=O)=O)CC1.Cl. The van der Waals surface area contributed by atoms with E-state index in [1.165, 1.54) is 6.26 Å².